The van der Waals surface area contributed by atoms with Crippen molar-refractivity contribution in [2.24, 2.45) is 0 Å². The number of carbonyl (C=O) groups excluding carboxylic acids is 1. The fourth-order valence-corrected chi connectivity index (χ4v) is 1.19. The third-order valence-electron chi connectivity index (χ3n) is 1.41. The van der Waals surface area contributed by atoms with Crippen LogP contribution in [0.25, 0.3) is 0 Å². The quantitative estimate of drug-likeness (QED) is 0.419. The second-order valence-corrected chi connectivity index (χ2v) is 3.24. The summed E-state index contributed by atoms with van der Waals surface area (Å²) >= 11 is 3.10. The van der Waals surface area contributed by atoms with Crippen LogP contribution in [-0.2, 0) is 0 Å². The molecular formula is C10H6BrFO. The van der Waals surface area contributed by atoms with E-state index in [-0.39, 0.29) is 5.56 Å². The van der Waals surface area contributed by atoms with Crippen LogP contribution in [0.4, 0.5) is 4.39 Å². The highest BCUT2D eigenvalue weighted by atomic mass is 79.9. The predicted octanol–water partition coefficient (Wildman–Crippen LogP) is 2.79. The van der Waals surface area contributed by atoms with Gasteiger partial charge in [0.2, 0.25) is 5.78 Å². The van der Waals surface area contributed by atoms with Crippen molar-refractivity contribution >= 4 is 21.7 Å². The SMILES string of the molecule is CC#CC(=O)c1ccc(Br)cc1F. The zero-order chi connectivity index (χ0) is 9.84. The van der Waals surface area contributed by atoms with E-state index in [1.54, 1.807) is 6.07 Å². The zero-order valence-corrected chi connectivity index (χ0v) is 8.48. The molecule has 0 fully saturated rings. The van der Waals surface area contributed by atoms with Gasteiger partial charge < -0.3 is 0 Å². The molecular weight excluding hydrogens is 235 g/mol. The van der Waals surface area contributed by atoms with Crippen molar-refractivity contribution in [1.82, 2.24) is 0 Å². The van der Waals surface area contributed by atoms with Gasteiger partial charge in [0, 0.05) is 4.47 Å². The average molecular weight is 241 g/mol. The lowest BCUT2D eigenvalue weighted by Crippen LogP contribution is -1.98. The van der Waals surface area contributed by atoms with E-state index in [4.69, 9.17) is 0 Å². The van der Waals surface area contributed by atoms with Gasteiger partial charge in [-0.2, -0.15) is 0 Å². The van der Waals surface area contributed by atoms with Crippen LogP contribution in [-0.4, -0.2) is 5.78 Å². The summed E-state index contributed by atoms with van der Waals surface area (Å²) in [7, 11) is 0. The molecule has 0 unspecified atom stereocenters. The van der Waals surface area contributed by atoms with Gasteiger partial charge in [-0.15, -0.1) is 0 Å². The standard InChI is InChI=1S/C10H6BrFO/c1-2-3-10(13)8-5-4-7(11)6-9(8)12/h4-6H,1H3. The lowest BCUT2D eigenvalue weighted by molar-refractivity contribution is 0.105. The molecule has 0 bridgehead atoms. The van der Waals surface area contributed by atoms with E-state index in [0.717, 1.165) is 0 Å². The Morgan fingerprint density at radius 1 is 1.54 bits per heavy atom. The van der Waals surface area contributed by atoms with E-state index in [1.165, 1.54) is 19.1 Å². The molecule has 0 saturated carbocycles. The van der Waals surface area contributed by atoms with E-state index in [1.807, 2.05) is 0 Å². The molecule has 13 heavy (non-hydrogen) atoms. The molecule has 0 heterocycles. The molecule has 1 rings (SSSR count). The summed E-state index contributed by atoms with van der Waals surface area (Å²) in [5.41, 5.74) is 0.0116. The summed E-state index contributed by atoms with van der Waals surface area (Å²) in [6, 6.07) is 4.25. The molecule has 0 radical (unpaired) electrons. The Hall–Kier alpha value is -1.14. The fourth-order valence-electron chi connectivity index (χ4n) is 0.854. The van der Waals surface area contributed by atoms with Gasteiger partial charge >= 0.3 is 0 Å². The van der Waals surface area contributed by atoms with Crippen LogP contribution in [0.5, 0.6) is 0 Å². The second kappa shape index (κ2) is 4.20. The predicted molar refractivity (Wildman–Crippen MR) is 51.9 cm³/mol. The van der Waals surface area contributed by atoms with Gasteiger partial charge in [0.1, 0.15) is 5.82 Å². The van der Waals surface area contributed by atoms with Gasteiger partial charge in [0.15, 0.2) is 0 Å². The summed E-state index contributed by atoms with van der Waals surface area (Å²) in [6.07, 6.45) is 0. The van der Waals surface area contributed by atoms with E-state index in [2.05, 4.69) is 27.8 Å². The Bertz CT molecular complexity index is 401. The Kier molecular flexibility index (Phi) is 3.21. The topological polar surface area (TPSA) is 17.1 Å². The Morgan fingerprint density at radius 3 is 2.77 bits per heavy atom. The number of carbonyl (C=O) groups is 1. The largest absolute Gasteiger partial charge is 0.279 e. The summed E-state index contributed by atoms with van der Waals surface area (Å²) in [5.74, 6) is 3.66. The normalized spacial score (nSPS) is 8.85. The van der Waals surface area contributed by atoms with E-state index >= 15 is 0 Å². The van der Waals surface area contributed by atoms with Crippen LogP contribution in [0.15, 0.2) is 22.7 Å². The highest BCUT2D eigenvalue weighted by Gasteiger charge is 2.08. The molecule has 0 aliphatic heterocycles. The minimum Gasteiger partial charge on any atom is -0.279 e. The first-order valence-corrected chi connectivity index (χ1v) is 4.36. The van der Waals surface area contributed by atoms with Crippen LogP contribution in [0.3, 0.4) is 0 Å². The Balaban J connectivity index is 3.14. The molecule has 3 heteroatoms. The lowest BCUT2D eigenvalue weighted by atomic mass is 10.1. The molecule has 0 aliphatic rings. The molecule has 0 amide bonds. The molecule has 1 nitrogen and oxygen atoms in total. The van der Waals surface area contributed by atoms with Gasteiger partial charge in [-0.1, -0.05) is 21.9 Å². The average Bonchev–Trinajstić information content (AvgIpc) is 2.04. The highest BCUT2D eigenvalue weighted by Crippen LogP contribution is 2.15. The molecule has 0 atom stereocenters. The van der Waals surface area contributed by atoms with Crippen molar-refractivity contribution in [2.75, 3.05) is 0 Å². The zero-order valence-electron chi connectivity index (χ0n) is 6.90. The molecule has 0 saturated heterocycles. The monoisotopic (exact) mass is 240 g/mol. The molecule has 1 aromatic rings. The lowest BCUT2D eigenvalue weighted by Gasteiger charge is -1.96. The number of rotatable bonds is 1. The van der Waals surface area contributed by atoms with Gasteiger partial charge in [0.05, 0.1) is 5.56 Å². The molecule has 0 N–H and O–H groups in total. The first kappa shape index (κ1) is 9.94. The summed E-state index contributed by atoms with van der Waals surface area (Å²) in [5, 5.41) is 0. The van der Waals surface area contributed by atoms with Gasteiger partial charge in [0.25, 0.3) is 0 Å². The van der Waals surface area contributed by atoms with Crippen LogP contribution in [0.1, 0.15) is 17.3 Å². The van der Waals surface area contributed by atoms with Crippen molar-refractivity contribution in [2.45, 2.75) is 6.92 Å². The minimum absolute atomic E-state index is 0.0116. The van der Waals surface area contributed by atoms with Crippen LogP contribution < -0.4 is 0 Å². The summed E-state index contributed by atoms with van der Waals surface area (Å²) < 4.78 is 13.7. The molecule has 1 aromatic carbocycles. The number of hydrogen-bond acceptors (Lipinski definition) is 1. The van der Waals surface area contributed by atoms with Gasteiger partial charge in [-0.25, -0.2) is 4.39 Å². The fraction of sp³-hybridized carbons (Fsp3) is 0.100. The van der Waals surface area contributed by atoms with Crippen molar-refractivity contribution in [1.29, 1.82) is 0 Å². The number of ketones is 1. The van der Waals surface area contributed by atoms with Gasteiger partial charge in [-0.05, 0) is 31.0 Å². The van der Waals surface area contributed by atoms with E-state index in [9.17, 15) is 9.18 Å². The van der Waals surface area contributed by atoms with Crippen LogP contribution >= 0.6 is 15.9 Å². The maximum absolute atomic E-state index is 13.1. The first-order valence-electron chi connectivity index (χ1n) is 3.57. The maximum Gasteiger partial charge on any atom is 0.238 e. The maximum atomic E-state index is 13.1. The second-order valence-electron chi connectivity index (χ2n) is 2.33. The summed E-state index contributed by atoms with van der Waals surface area (Å²) in [4.78, 5) is 11.1. The molecule has 0 spiro atoms. The highest BCUT2D eigenvalue weighted by molar-refractivity contribution is 9.10. The molecule has 0 aliphatic carbocycles. The molecule has 66 valence electrons. The summed E-state index contributed by atoms with van der Waals surface area (Å²) in [6.45, 7) is 1.54. The van der Waals surface area contributed by atoms with Crippen LogP contribution in [0, 0.1) is 17.7 Å². The first-order chi connectivity index (χ1) is 6.15. The third kappa shape index (κ3) is 2.40. The van der Waals surface area contributed by atoms with Crippen molar-refractivity contribution in [3.63, 3.8) is 0 Å². The smallest absolute Gasteiger partial charge is 0.238 e. The van der Waals surface area contributed by atoms with Crippen molar-refractivity contribution < 1.29 is 9.18 Å². The van der Waals surface area contributed by atoms with E-state index < -0.39 is 11.6 Å². The Morgan fingerprint density at radius 2 is 2.23 bits per heavy atom. The number of benzene rings is 1. The number of hydrogen-bond donors (Lipinski definition) is 0. The van der Waals surface area contributed by atoms with Crippen molar-refractivity contribution in [3.8, 4) is 11.8 Å². The van der Waals surface area contributed by atoms with Crippen LogP contribution in [0.2, 0.25) is 0 Å². The van der Waals surface area contributed by atoms with Gasteiger partial charge in [-0.3, -0.25) is 4.79 Å². The number of Topliss-reactive ketones (excluding diaryl/α,β-unsaturated/α-hetero) is 1. The Labute approximate surface area is 84.1 Å². The number of halogens is 2. The van der Waals surface area contributed by atoms with Crippen molar-refractivity contribution in [3.05, 3.63) is 34.1 Å². The molecule has 0 aromatic heterocycles. The van der Waals surface area contributed by atoms with E-state index in [0.29, 0.717) is 4.47 Å². The third-order valence-corrected chi connectivity index (χ3v) is 1.91. The minimum atomic E-state index is -0.554.